The average molecular weight is 234 g/mol. The second kappa shape index (κ2) is 3.96. The highest BCUT2D eigenvalue weighted by atomic mass is 16.7. The number of hydrogen-bond acceptors (Lipinski definition) is 3. The molecule has 2 rings (SSSR count). The smallest absolute Gasteiger partial charge is 0.398 e. The normalized spacial score (nSPS) is 23.8. The standard InChI is InChI=1S/C13H18BNO2/c1-6-10-8-7-9-11(15-10)14-16-12(2,3)13(4,5)17-14/h6-9H,1H2,2-5H3/i1D2,6D. The van der Waals surface area contributed by atoms with Crippen molar-refractivity contribution in [2.45, 2.75) is 38.9 Å². The van der Waals surface area contributed by atoms with E-state index in [9.17, 15) is 0 Å². The van der Waals surface area contributed by atoms with Crippen LogP contribution in [0.2, 0.25) is 0 Å². The van der Waals surface area contributed by atoms with Crippen LogP contribution in [0.4, 0.5) is 0 Å². The summed E-state index contributed by atoms with van der Waals surface area (Å²) in [5.41, 5.74) is -0.0833. The minimum Gasteiger partial charge on any atom is -0.398 e. The van der Waals surface area contributed by atoms with Crippen LogP contribution >= 0.6 is 0 Å². The molecule has 90 valence electrons. The second-order valence-electron chi connectivity index (χ2n) is 5.16. The number of nitrogens with zero attached hydrogens (tertiary/aromatic N) is 1. The topological polar surface area (TPSA) is 31.4 Å². The summed E-state index contributed by atoms with van der Waals surface area (Å²) in [7, 11) is -0.604. The molecule has 0 aromatic carbocycles. The van der Waals surface area contributed by atoms with E-state index in [1.54, 1.807) is 18.2 Å². The van der Waals surface area contributed by atoms with Gasteiger partial charge in [-0.3, -0.25) is 4.98 Å². The van der Waals surface area contributed by atoms with Gasteiger partial charge in [0.15, 0.2) is 0 Å². The fourth-order valence-electron chi connectivity index (χ4n) is 1.62. The van der Waals surface area contributed by atoms with Gasteiger partial charge in [0.05, 0.1) is 26.6 Å². The summed E-state index contributed by atoms with van der Waals surface area (Å²) in [6, 6.07) is 4.86. The summed E-state index contributed by atoms with van der Waals surface area (Å²) in [5.74, 6) is 0. The minimum absolute atomic E-state index is 0.219. The lowest BCUT2D eigenvalue weighted by Gasteiger charge is -2.32. The Labute approximate surface area is 107 Å². The molecule has 1 aliphatic heterocycles. The summed E-state index contributed by atoms with van der Waals surface area (Å²) < 4.78 is 33.8. The first-order valence-electron chi connectivity index (χ1n) is 7.11. The van der Waals surface area contributed by atoms with Crippen LogP contribution in [0.1, 0.15) is 37.5 Å². The number of aromatic nitrogens is 1. The van der Waals surface area contributed by atoms with Crippen LogP contribution in [0, 0.1) is 0 Å². The summed E-state index contributed by atoms with van der Waals surface area (Å²) in [5, 5.41) is 0. The molecule has 0 unspecified atom stereocenters. The Hall–Kier alpha value is -1.13. The van der Waals surface area contributed by atoms with Gasteiger partial charge in [-0.15, -0.1) is 0 Å². The lowest BCUT2D eigenvalue weighted by Crippen LogP contribution is -2.41. The van der Waals surface area contributed by atoms with Gasteiger partial charge in [-0.1, -0.05) is 12.6 Å². The van der Waals surface area contributed by atoms with E-state index in [4.69, 9.17) is 13.4 Å². The van der Waals surface area contributed by atoms with E-state index in [1.165, 1.54) is 0 Å². The van der Waals surface area contributed by atoms with Crippen LogP contribution < -0.4 is 5.59 Å². The van der Waals surface area contributed by atoms with Gasteiger partial charge in [-0.25, -0.2) is 0 Å². The fourth-order valence-corrected chi connectivity index (χ4v) is 1.62. The summed E-state index contributed by atoms with van der Waals surface area (Å²) in [6.07, 6.45) is 0. The molecule has 0 N–H and O–H groups in total. The Morgan fingerprint density at radius 1 is 1.35 bits per heavy atom. The maximum Gasteiger partial charge on any atom is 0.514 e. The van der Waals surface area contributed by atoms with Crippen molar-refractivity contribution in [3.8, 4) is 0 Å². The molecule has 4 heteroatoms. The molecular formula is C13H18BNO2. The van der Waals surface area contributed by atoms with Crippen molar-refractivity contribution in [1.29, 1.82) is 0 Å². The highest BCUT2D eigenvalue weighted by Crippen LogP contribution is 2.36. The van der Waals surface area contributed by atoms with E-state index in [0.717, 1.165) is 0 Å². The van der Waals surface area contributed by atoms with Crippen LogP contribution in [-0.4, -0.2) is 23.3 Å². The number of pyridine rings is 1. The zero-order chi connectivity index (χ0) is 15.1. The molecule has 0 aliphatic carbocycles. The van der Waals surface area contributed by atoms with E-state index >= 15 is 0 Å². The fraction of sp³-hybridized carbons (Fsp3) is 0.462. The highest BCUT2D eigenvalue weighted by Gasteiger charge is 2.52. The summed E-state index contributed by atoms with van der Waals surface area (Å²) >= 11 is 0. The van der Waals surface area contributed by atoms with Crippen LogP contribution in [0.15, 0.2) is 24.7 Å². The van der Waals surface area contributed by atoms with Crippen LogP contribution in [-0.2, 0) is 9.31 Å². The van der Waals surface area contributed by atoms with E-state index in [0.29, 0.717) is 5.59 Å². The highest BCUT2D eigenvalue weighted by molar-refractivity contribution is 6.61. The average Bonchev–Trinajstić information content (AvgIpc) is 2.57. The third-order valence-corrected chi connectivity index (χ3v) is 3.39. The zero-order valence-electron chi connectivity index (χ0n) is 13.6. The van der Waals surface area contributed by atoms with Crippen LogP contribution in [0.5, 0.6) is 0 Å². The molecule has 1 saturated heterocycles. The van der Waals surface area contributed by atoms with E-state index < -0.39 is 24.9 Å². The molecule has 1 fully saturated rings. The quantitative estimate of drug-likeness (QED) is 0.733. The molecule has 2 heterocycles. The second-order valence-corrected chi connectivity index (χ2v) is 5.16. The van der Waals surface area contributed by atoms with E-state index in [-0.39, 0.29) is 11.7 Å². The lowest BCUT2D eigenvalue weighted by atomic mass is 9.84. The first-order valence-corrected chi connectivity index (χ1v) is 5.61. The van der Waals surface area contributed by atoms with Crippen LogP contribution in [0.3, 0.4) is 0 Å². The largest absolute Gasteiger partial charge is 0.514 e. The van der Waals surface area contributed by atoms with Gasteiger partial charge in [-0.05, 0) is 45.9 Å². The van der Waals surface area contributed by atoms with Crippen molar-refractivity contribution in [3.05, 3.63) is 30.4 Å². The Kier molecular flexibility index (Phi) is 2.07. The van der Waals surface area contributed by atoms with Gasteiger partial charge in [0, 0.05) is 0 Å². The lowest BCUT2D eigenvalue weighted by molar-refractivity contribution is 0.00578. The first-order chi connectivity index (χ1) is 9.14. The van der Waals surface area contributed by atoms with Crippen molar-refractivity contribution in [1.82, 2.24) is 4.98 Å². The molecule has 0 atom stereocenters. The summed E-state index contributed by atoms with van der Waals surface area (Å²) in [6.45, 7) is 7.26. The van der Waals surface area contributed by atoms with Crippen molar-refractivity contribution in [3.63, 3.8) is 0 Å². The monoisotopic (exact) mass is 234 g/mol. The minimum atomic E-state index is -0.604. The maximum absolute atomic E-state index is 7.65. The van der Waals surface area contributed by atoms with Crippen molar-refractivity contribution in [2.24, 2.45) is 0 Å². The van der Waals surface area contributed by atoms with E-state index in [2.05, 4.69) is 4.98 Å². The van der Waals surface area contributed by atoms with Gasteiger partial charge >= 0.3 is 7.12 Å². The molecule has 0 radical (unpaired) electrons. The number of hydrogen-bond donors (Lipinski definition) is 0. The predicted molar refractivity (Wildman–Crippen MR) is 70.0 cm³/mol. The Bertz CT molecular complexity index is 540. The van der Waals surface area contributed by atoms with Crippen molar-refractivity contribution >= 4 is 18.8 Å². The number of rotatable bonds is 2. The Morgan fingerprint density at radius 3 is 2.59 bits per heavy atom. The summed E-state index contributed by atoms with van der Waals surface area (Å²) in [4.78, 5) is 4.27. The molecule has 1 aliphatic rings. The maximum atomic E-state index is 7.65. The zero-order valence-corrected chi connectivity index (χ0v) is 10.6. The molecule has 0 bridgehead atoms. The molecule has 0 spiro atoms. The van der Waals surface area contributed by atoms with Gasteiger partial charge in [0.2, 0.25) is 0 Å². The van der Waals surface area contributed by atoms with Gasteiger partial charge in [0.25, 0.3) is 0 Å². The van der Waals surface area contributed by atoms with Gasteiger partial charge in [-0.2, -0.15) is 0 Å². The SMILES string of the molecule is [2H]C([2H])=C([2H])c1cccc(B2OC(C)(C)C(C)(C)O2)n1. The third kappa shape index (κ3) is 2.15. The predicted octanol–water partition coefficient (Wildman–Crippen LogP) is 2.02. The van der Waals surface area contributed by atoms with Crippen LogP contribution in [0.25, 0.3) is 6.05 Å². The molecule has 1 aromatic rings. The van der Waals surface area contributed by atoms with E-state index in [1.807, 2.05) is 27.7 Å². The Morgan fingerprint density at radius 2 is 2.00 bits per heavy atom. The Balaban J connectivity index is 2.33. The molecule has 1 aromatic heterocycles. The molecular weight excluding hydrogens is 213 g/mol. The molecule has 0 amide bonds. The third-order valence-electron chi connectivity index (χ3n) is 3.39. The van der Waals surface area contributed by atoms with Gasteiger partial charge < -0.3 is 9.31 Å². The molecule has 0 saturated carbocycles. The van der Waals surface area contributed by atoms with Crippen molar-refractivity contribution in [2.75, 3.05) is 0 Å². The first kappa shape index (κ1) is 8.89. The van der Waals surface area contributed by atoms with Gasteiger partial charge in [0.1, 0.15) is 0 Å². The molecule has 3 nitrogen and oxygen atoms in total. The molecule has 17 heavy (non-hydrogen) atoms. The van der Waals surface area contributed by atoms with Crippen molar-refractivity contribution < 1.29 is 13.4 Å².